The number of aliphatic hydroxyl groups is 2. The number of aliphatic hydroxyl groups excluding tert-OH is 2. The first-order valence-electron chi connectivity index (χ1n) is 8.85. The summed E-state index contributed by atoms with van der Waals surface area (Å²) < 4.78 is 11.0. The molecule has 1 heterocycles. The summed E-state index contributed by atoms with van der Waals surface area (Å²) in [6, 6.07) is 6.87. The number of phenols is 1. The number of halogens is 1. The summed E-state index contributed by atoms with van der Waals surface area (Å²) in [5.41, 5.74) is 4.86. The van der Waals surface area contributed by atoms with Crippen molar-refractivity contribution in [1.29, 1.82) is 0 Å². The van der Waals surface area contributed by atoms with Gasteiger partial charge in [0, 0.05) is 12.8 Å². The van der Waals surface area contributed by atoms with Gasteiger partial charge < -0.3 is 24.5 Å². The Balaban J connectivity index is 2.10. The number of hydrogen-bond donors (Lipinski definition) is 3. The molecular weight excluding hydrogens is 459 g/mol. The van der Waals surface area contributed by atoms with Gasteiger partial charge in [0.2, 0.25) is 0 Å². The Morgan fingerprint density at radius 3 is 2.74 bits per heavy atom. The summed E-state index contributed by atoms with van der Waals surface area (Å²) in [7, 11) is 1.48. The summed E-state index contributed by atoms with van der Waals surface area (Å²) in [5.74, 6) is 0.946. The molecule has 0 saturated heterocycles. The van der Waals surface area contributed by atoms with Gasteiger partial charge in [-0.05, 0) is 70.5 Å². The van der Waals surface area contributed by atoms with E-state index in [1.165, 1.54) is 7.11 Å². The molecule has 6 heteroatoms. The Kier molecular flexibility index (Phi) is 8.44. The van der Waals surface area contributed by atoms with Crippen LogP contribution in [0.3, 0.4) is 0 Å². The fourth-order valence-electron chi connectivity index (χ4n) is 2.74. The van der Waals surface area contributed by atoms with Crippen LogP contribution in [0.25, 0.3) is 0 Å². The number of rotatable bonds is 9. The number of furan rings is 1. The largest absolute Gasteiger partial charge is 0.504 e. The molecule has 0 aliphatic heterocycles. The zero-order valence-electron chi connectivity index (χ0n) is 15.5. The van der Waals surface area contributed by atoms with E-state index in [4.69, 9.17) is 9.15 Å². The third-order valence-corrected chi connectivity index (χ3v) is 4.99. The molecule has 0 aliphatic rings. The van der Waals surface area contributed by atoms with Gasteiger partial charge in [-0.15, -0.1) is 5.73 Å². The molecule has 27 heavy (non-hydrogen) atoms. The highest BCUT2D eigenvalue weighted by Crippen LogP contribution is 2.35. The minimum atomic E-state index is -0.738. The third-order valence-electron chi connectivity index (χ3n) is 4.17. The maximum Gasteiger partial charge on any atom is 0.171 e. The summed E-state index contributed by atoms with van der Waals surface area (Å²) in [6.07, 6.45) is 4.46. The van der Waals surface area contributed by atoms with Crippen LogP contribution in [0.1, 0.15) is 56.1 Å². The predicted octanol–water partition coefficient (Wildman–Crippen LogP) is 5.03. The van der Waals surface area contributed by atoms with Crippen molar-refractivity contribution in [3.05, 3.63) is 62.8 Å². The molecule has 3 N–H and O–H groups in total. The molecule has 0 saturated carbocycles. The second-order valence-corrected chi connectivity index (χ2v) is 7.40. The Labute approximate surface area is 173 Å². The molecule has 0 radical (unpaired) electrons. The number of ether oxygens (including phenoxy) is 1. The van der Waals surface area contributed by atoms with Gasteiger partial charge in [0.05, 0.1) is 23.0 Å². The lowest BCUT2D eigenvalue weighted by Gasteiger charge is -2.13. The molecule has 0 fully saturated rings. The first-order valence-corrected chi connectivity index (χ1v) is 9.92. The molecule has 2 aromatic rings. The Bertz CT molecular complexity index is 791. The molecule has 0 spiro atoms. The first kappa shape index (κ1) is 21.6. The maximum atomic E-state index is 10.4. The van der Waals surface area contributed by atoms with E-state index in [2.05, 4.69) is 12.7 Å². The van der Waals surface area contributed by atoms with E-state index in [1.807, 2.05) is 22.6 Å². The Morgan fingerprint density at radius 1 is 1.33 bits per heavy atom. The standard InChI is InChI=1S/C21H25IO5/c1-3-6-14(11-18(24)19-9-5-10-27-19)7-4-8-17(23)15-12-16(22)21(25)20(13-15)26-2/h4-5,9-10,12-13,17-18,23-25H,3,6,8,11H2,1-2H3/t7?,17-,18-/m1/s1. The van der Waals surface area contributed by atoms with Crippen LogP contribution in [0.2, 0.25) is 0 Å². The van der Waals surface area contributed by atoms with Crippen molar-refractivity contribution >= 4 is 22.6 Å². The first-order chi connectivity index (χ1) is 13.0. The fourth-order valence-corrected chi connectivity index (χ4v) is 3.37. The predicted molar refractivity (Wildman–Crippen MR) is 112 cm³/mol. The lowest BCUT2D eigenvalue weighted by Crippen LogP contribution is -1.99. The zero-order valence-corrected chi connectivity index (χ0v) is 17.6. The van der Waals surface area contributed by atoms with Gasteiger partial charge in [-0.2, -0.15) is 0 Å². The summed E-state index contributed by atoms with van der Waals surface area (Å²) in [6.45, 7) is 2.07. The molecule has 5 nitrogen and oxygen atoms in total. The number of benzene rings is 1. The molecule has 1 aromatic heterocycles. The monoisotopic (exact) mass is 484 g/mol. The van der Waals surface area contributed by atoms with Gasteiger partial charge in [0.1, 0.15) is 11.9 Å². The van der Waals surface area contributed by atoms with Crippen molar-refractivity contribution in [2.24, 2.45) is 0 Å². The van der Waals surface area contributed by atoms with Crippen LogP contribution in [0.4, 0.5) is 0 Å². The molecule has 0 aliphatic carbocycles. The summed E-state index contributed by atoms with van der Waals surface area (Å²) in [5, 5.41) is 30.6. The minimum absolute atomic E-state index is 0.0710. The molecule has 0 bridgehead atoms. The molecule has 2 atom stereocenters. The van der Waals surface area contributed by atoms with Gasteiger partial charge in [0.25, 0.3) is 0 Å². The van der Waals surface area contributed by atoms with Gasteiger partial charge in [-0.25, -0.2) is 0 Å². The van der Waals surface area contributed by atoms with Crippen LogP contribution >= 0.6 is 22.6 Å². The van der Waals surface area contributed by atoms with Crippen molar-refractivity contribution in [3.8, 4) is 11.5 Å². The normalized spacial score (nSPS) is 12.9. The van der Waals surface area contributed by atoms with E-state index in [9.17, 15) is 15.3 Å². The molecule has 0 amide bonds. The highest BCUT2D eigenvalue weighted by molar-refractivity contribution is 14.1. The van der Waals surface area contributed by atoms with Gasteiger partial charge in [0.15, 0.2) is 11.5 Å². The van der Waals surface area contributed by atoms with Crippen molar-refractivity contribution in [1.82, 2.24) is 0 Å². The molecule has 146 valence electrons. The van der Waals surface area contributed by atoms with E-state index in [1.54, 1.807) is 36.6 Å². The number of hydrogen-bond acceptors (Lipinski definition) is 5. The number of methoxy groups -OCH3 is 1. The third kappa shape index (κ3) is 6.14. The SMILES string of the molecule is CCCC(=C=CC[C@@H](O)c1cc(I)c(O)c(OC)c1)C[C@@H](O)c1ccco1. The topological polar surface area (TPSA) is 83.1 Å². The quantitative estimate of drug-likeness (QED) is 0.344. The van der Waals surface area contributed by atoms with Gasteiger partial charge in [-0.1, -0.05) is 13.3 Å². The average molecular weight is 484 g/mol. The van der Waals surface area contributed by atoms with E-state index < -0.39 is 12.2 Å². The fraction of sp³-hybridized carbons (Fsp3) is 0.381. The zero-order chi connectivity index (χ0) is 19.8. The van der Waals surface area contributed by atoms with Crippen LogP contribution in [0.5, 0.6) is 11.5 Å². The van der Waals surface area contributed by atoms with Crippen molar-refractivity contribution in [2.75, 3.05) is 7.11 Å². The molecule has 0 unspecified atom stereocenters. The van der Waals surface area contributed by atoms with E-state index in [0.717, 1.165) is 18.4 Å². The highest BCUT2D eigenvalue weighted by Gasteiger charge is 2.14. The Morgan fingerprint density at radius 2 is 2.11 bits per heavy atom. The van der Waals surface area contributed by atoms with Crippen molar-refractivity contribution in [3.63, 3.8) is 0 Å². The van der Waals surface area contributed by atoms with Crippen LogP contribution in [0.15, 0.2) is 52.3 Å². The second-order valence-electron chi connectivity index (χ2n) is 6.24. The van der Waals surface area contributed by atoms with Gasteiger partial charge in [-0.3, -0.25) is 0 Å². The highest BCUT2D eigenvalue weighted by atomic mass is 127. The minimum Gasteiger partial charge on any atom is -0.504 e. The molecule has 2 rings (SSSR count). The van der Waals surface area contributed by atoms with Crippen LogP contribution < -0.4 is 4.74 Å². The van der Waals surface area contributed by atoms with E-state index in [-0.39, 0.29) is 5.75 Å². The smallest absolute Gasteiger partial charge is 0.171 e. The summed E-state index contributed by atoms with van der Waals surface area (Å²) in [4.78, 5) is 0. The lowest BCUT2D eigenvalue weighted by molar-refractivity contribution is 0.149. The summed E-state index contributed by atoms with van der Waals surface area (Å²) >= 11 is 2.00. The lowest BCUT2D eigenvalue weighted by atomic mass is 10.0. The number of aromatic hydroxyl groups is 1. The van der Waals surface area contributed by atoms with Crippen molar-refractivity contribution < 1.29 is 24.5 Å². The average Bonchev–Trinajstić information content (AvgIpc) is 3.18. The number of phenolic OH excluding ortho intramolecular Hbond substituents is 1. The van der Waals surface area contributed by atoms with Gasteiger partial charge >= 0.3 is 0 Å². The molecular formula is C21H25IO5. The van der Waals surface area contributed by atoms with Crippen LogP contribution in [-0.4, -0.2) is 22.4 Å². The Hall–Kier alpha value is -1.73. The van der Waals surface area contributed by atoms with Crippen LogP contribution in [-0.2, 0) is 0 Å². The van der Waals surface area contributed by atoms with Crippen LogP contribution in [0, 0.1) is 3.57 Å². The van der Waals surface area contributed by atoms with Crippen molar-refractivity contribution in [2.45, 2.75) is 44.8 Å². The van der Waals surface area contributed by atoms with E-state index in [0.29, 0.717) is 33.5 Å². The second kappa shape index (κ2) is 10.6. The maximum absolute atomic E-state index is 10.4. The molecule has 1 aromatic carbocycles. The van der Waals surface area contributed by atoms with E-state index >= 15 is 0 Å².